The van der Waals surface area contributed by atoms with Gasteiger partial charge in [0.25, 0.3) is 5.69 Å². The molecule has 2 fully saturated rings. The molecular formula is C16H20N4O2. The van der Waals surface area contributed by atoms with Crippen LogP contribution in [0.25, 0.3) is 0 Å². The standard InChI is InChI=1S/C16H20N4O2/c17-11-13-10-14(20(21)22)5-6-16(13)19-9-3-4-15(12-19)18-7-1-2-8-18/h5-6,10,15H,1-4,7-9,12H2/t15-/m1/s1. The summed E-state index contributed by atoms with van der Waals surface area (Å²) in [6.07, 6.45) is 4.85. The predicted octanol–water partition coefficient (Wildman–Crippen LogP) is 2.53. The van der Waals surface area contributed by atoms with Gasteiger partial charge in [0.15, 0.2) is 0 Å². The summed E-state index contributed by atoms with van der Waals surface area (Å²) in [6.45, 7) is 4.16. The lowest BCUT2D eigenvalue weighted by Gasteiger charge is -2.39. The molecular weight excluding hydrogens is 280 g/mol. The van der Waals surface area contributed by atoms with Crippen LogP contribution in [0.3, 0.4) is 0 Å². The summed E-state index contributed by atoms with van der Waals surface area (Å²) in [5.74, 6) is 0. The molecule has 0 amide bonds. The van der Waals surface area contributed by atoms with Gasteiger partial charge in [0.1, 0.15) is 6.07 Å². The van der Waals surface area contributed by atoms with Gasteiger partial charge in [-0.05, 0) is 44.8 Å². The highest BCUT2D eigenvalue weighted by Crippen LogP contribution is 2.29. The van der Waals surface area contributed by atoms with Crippen molar-refractivity contribution in [3.05, 3.63) is 33.9 Å². The Labute approximate surface area is 130 Å². The smallest absolute Gasteiger partial charge is 0.270 e. The van der Waals surface area contributed by atoms with Gasteiger partial charge in [-0.15, -0.1) is 0 Å². The first-order chi connectivity index (χ1) is 10.7. The van der Waals surface area contributed by atoms with E-state index in [1.807, 2.05) is 0 Å². The number of nitrogens with zero attached hydrogens (tertiary/aromatic N) is 4. The van der Waals surface area contributed by atoms with Crippen molar-refractivity contribution < 1.29 is 4.92 Å². The Hall–Kier alpha value is -2.13. The van der Waals surface area contributed by atoms with Crippen molar-refractivity contribution in [2.45, 2.75) is 31.7 Å². The van der Waals surface area contributed by atoms with Gasteiger partial charge in [-0.3, -0.25) is 15.0 Å². The van der Waals surface area contributed by atoms with E-state index in [9.17, 15) is 15.4 Å². The Morgan fingerprint density at radius 1 is 1.23 bits per heavy atom. The van der Waals surface area contributed by atoms with E-state index in [2.05, 4.69) is 15.9 Å². The third-order valence-corrected chi connectivity index (χ3v) is 4.71. The van der Waals surface area contributed by atoms with Gasteiger partial charge >= 0.3 is 0 Å². The third-order valence-electron chi connectivity index (χ3n) is 4.71. The molecule has 1 atom stereocenters. The van der Waals surface area contributed by atoms with E-state index in [4.69, 9.17) is 0 Å². The van der Waals surface area contributed by atoms with Gasteiger partial charge in [0, 0.05) is 31.3 Å². The van der Waals surface area contributed by atoms with Gasteiger partial charge in [0.05, 0.1) is 16.2 Å². The van der Waals surface area contributed by atoms with Crippen LogP contribution in [-0.4, -0.2) is 42.0 Å². The lowest BCUT2D eigenvalue weighted by atomic mass is 10.0. The summed E-state index contributed by atoms with van der Waals surface area (Å²) < 4.78 is 0. The average molecular weight is 300 g/mol. The Morgan fingerprint density at radius 3 is 2.68 bits per heavy atom. The molecule has 0 aliphatic carbocycles. The molecule has 0 spiro atoms. The molecule has 6 nitrogen and oxygen atoms in total. The highest BCUT2D eigenvalue weighted by molar-refractivity contribution is 5.63. The minimum atomic E-state index is -0.451. The highest BCUT2D eigenvalue weighted by Gasteiger charge is 2.28. The van der Waals surface area contributed by atoms with Crippen molar-refractivity contribution >= 4 is 11.4 Å². The molecule has 22 heavy (non-hydrogen) atoms. The molecule has 0 N–H and O–H groups in total. The molecule has 0 radical (unpaired) electrons. The fourth-order valence-corrected chi connectivity index (χ4v) is 3.58. The first-order valence-corrected chi connectivity index (χ1v) is 7.86. The van der Waals surface area contributed by atoms with E-state index < -0.39 is 4.92 Å². The topological polar surface area (TPSA) is 73.4 Å². The molecule has 6 heteroatoms. The van der Waals surface area contributed by atoms with Crippen molar-refractivity contribution in [1.82, 2.24) is 4.90 Å². The summed E-state index contributed by atoms with van der Waals surface area (Å²) in [5, 5.41) is 20.2. The fraction of sp³-hybridized carbons (Fsp3) is 0.562. The summed E-state index contributed by atoms with van der Waals surface area (Å²) in [4.78, 5) is 15.2. The number of likely N-dealkylation sites (tertiary alicyclic amines) is 1. The molecule has 1 aromatic rings. The van der Waals surface area contributed by atoms with Gasteiger partial charge in [-0.25, -0.2) is 0 Å². The first kappa shape index (κ1) is 14.8. The van der Waals surface area contributed by atoms with Crippen molar-refractivity contribution in [2.24, 2.45) is 0 Å². The van der Waals surface area contributed by atoms with Crippen LogP contribution in [-0.2, 0) is 0 Å². The molecule has 2 aliphatic rings. The van der Waals surface area contributed by atoms with Gasteiger partial charge in [0.2, 0.25) is 0 Å². The number of nitro groups is 1. The van der Waals surface area contributed by atoms with Gasteiger partial charge in [-0.1, -0.05) is 0 Å². The minimum Gasteiger partial charge on any atom is -0.369 e. The monoisotopic (exact) mass is 300 g/mol. The van der Waals surface area contributed by atoms with Crippen LogP contribution in [0.4, 0.5) is 11.4 Å². The number of benzene rings is 1. The number of rotatable bonds is 3. The zero-order valence-electron chi connectivity index (χ0n) is 12.6. The molecule has 1 aromatic carbocycles. The van der Waals surface area contributed by atoms with Crippen molar-refractivity contribution in [2.75, 3.05) is 31.1 Å². The second-order valence-corrected chi connectivity index (χ2v) is 6.06. The summed E-state index contributed by atoms with van der Waals surface area (Å²) in [5.41, 5.74) is 1.21. The van der Waals surface area contributed by atoms with Crippen LogP contribution in [0, 0.1) is 21.4 Å². The maximum Gasteiger partial charge on any atom is 0.270 e. The summed E-state index contributed by atoms with van der Waals surface area (Å²) in [7, 11) is 0. The van der Waals surface area contributed by atoms with Crippen molar-refractivity contribution in [3.8, 4) is 6.07 Å². The second kappa shape index (κ2) is 6.32. The van der Waals surface area contributed by atoms with Crippen molar-refractivity contribution in [3.63, 3.8) is 0 Å². The molecule has 116 valence electrons. The zero-order chi connectivity index (χ0) is 15.5. The number of anilines is 1. The lowest BCUT2D eigenvalue weighted by molar-refractivity contribution is -0.384. The second-order valence-electron chi connectivity index (χ2n) is 6.06. The number of piperidine rings is 1. The zero-order valence-corrected chi connectivity index (χ0v) is 12.6. The lowest BCUT2D eigenvalue weighted by Crippen LogP contribution is -2.47. The maximum absolute atomic E-state index is 10.9. The predicted molar refractivity (Wildman–Crippen MR) is 83.9 cm³/mol. The number of hydrogen-bond acceptors (Lipinski definition) is 5. The van der Waals surface area contributed by atoms with Gasteiger partial charge in [-0.2, -0.15) is 5.26 Å². The number of nitro benzene ring substituents is 1. The molecule has 3 rings (SSSR count). The largest absolute Gasteiger partial charge is 0.369 e. The first-order valence-electron chi connectivity index (χ1n) is 7.86. The van der Waals surface area contributed by atoms with E-state index in [-0.39, 0.29) is 5.69 Å². The van der Waals surface area contributed by atoms with Crippen LogP contribution >= 0.6 is 0 Å². The Kier molecular flexibility index (Phi) is 4.25. The molecule has 2 aliphatic heterocycles. The van der Waals surface area contributed by atoms with Crippen molar-refractivity contribution in [1.29, 1.82) is 5.26 Å². The summed E-state index contributed by atoms with van der Waals surface area (Å²) in [6, 6.07) is 7.26. The van der Waals surface area contributed by atoms with Crippen LogP contribution in [0.1, 0.15) is 31.2 Å². The van der Waals surface area contributed by atoms with Crippen LogP contribution in [0.15, 0.2) is 18.2 Å². The fourth-order valence-electron chi connectivity index (χ4n) is 3.58. The van der Waals surface area contributed by atoms with Gasteiger partial charge < -0.3 is 4.90 Å². The van der Waals surface area contributed by atoms with Crippen LogP contribution in [0.5, 0.6) is 0 Å². The Balaban J connectivity index is 1.80. The van der Waals surface area contributed by atoms with Crippen LogP contribution < -0.4 is 4.90 Å². The molecule has 2 saturated heterocycles. The van der Waals surface area contributed by atoms with E-state index in [0.717, 1.165) is 25.2 Å². The molecule has 0 unspecified atom stereocenters. The number of nitriles is 1. The third kappa shape index (κ3) is 2.90. The SMILES string of the molecule is N#Cc1cc([N+](=O)[O-])ccc1N1CCC[C@@H](N2CCCC2)C1. The van der Waals surface area contributed by atoms with E-state index in [0.29, 0.717) is 11.6 Å². The molecule has 0 aromatic heterocycles. The maximum atomic E-state index is 10.9. The highest BCUT2D eigenvalue weighted by atomic mass is 16.6. The van der Waals surface area contributed by atoms with E-state index in [1.54, 1.807) is 6.07 Å². The molecule has 0 saturated carbocycles. The Bertz CT molecular complexity index is 605. The quantitative estimate of drug-likeness (QED) is 0.633. The van der Waals surface area contributed by atoms with E-state index in [1.165, 1.54) is 44.5 Å². The molecule has 2 heterocycles. The molecule has 0 bridgehead atoms. The average Bonchev–Trinajstić information content (AvgIpc) is 3.09. The normalized spacial score (nSPS) is 22.5. The van der Waals surface area contributed by atoms with Crippen LogP contribution in [0.2, 0.25) is 0 Å². The Morgan fingerprint density at radius 2 is 2.00 bits per heavy atom. The minimum absolute atomic E-state index is 0.0200. The number of hydrogen-bond donors (Lipinski definition) is 0. The summed E-state index contributed by atoms with van der Waals surface area (Å²) >= 11 is 0. The van der Waals surface area contributed by atoms with E-state index >= 15 is 0 Å². The number of non-ortho nitro benzene ring substituents is 1.